The topological polar surface area (TPSA) is 111 Å². The molecule has 1 aliphatic carbocycles. The Hall–Kier alpha value is -2.89. The lowest BCUT2D eigenvalue weighted by Gasteiger charge is -2.42. The first kappa shape index (κ1) is 38.3. The van der Waals surface area contributed by atoms with Crippen LogP contribution in [0.1, 0.15) is 108 Å². The maximum atomic E-state index is 13.8. The van der Waals surface area contributed by atoms with Gasteiger partial charge >= 0.3 is 0 Å². The van der Waals surface area contributed by atoms with Crippen molar-refractivity contribution >= 4 is 39.1 Å². The van der Waals surface area contributed by atoms with Gasteiger partial charge in [0, 0.05) is 27.3 Å². The van der Waals surface area contributed by atoms with Gasteiger partial charge in [0.2, 0.25) is 5.82 Å². The molecule has 2 atom stereocenters. The Morgan fingerprint density at radius 2 is 1.82 bits per heavy atom. The molecule has 1 amide bonds. The number of pyridine rings is 1. The van der Waals surface area contributed by atoms with Gasteiger partial charge in [-0.3, -0.25) is 4.79 Å². The molecule has 50 heavy (non-hydrogen) atoms. The van der Waals surface area contributed by atoms with Crippen molar-refractivity contribution in [1.29, 1.82) is 5.26 Å². The maximum absolute atomic E-state index is 13.8. The molecule has 0 spiro atoms. The van der Waals surface area contributed by atoms with E-state index in [-0.39, 0.29) is 39.9 Å². The van der Waals surface area contributed by atoms with Crippen molar-refractivity contribution in [3.05, 3.63) is 53.4 Å². The molecule has 4 heterocycles. The van der Waals surface area contributed by atoms with Crippen LogP contribution in [0.25, 0.3) is 11.1 Å². The van der Waals surface area contributed by atoms with Gasteiger partial charge in [-0.05, 0) is 98.0 Å². The molecule has 0 radical (unpaired) electrons. The first-order chi connectivity index (χ1) is 23.1. The number of hydrogen-bond donors (Lipinski definition) is 1. The first-order valence-corrected chi connectivity index (χ1v) is 24.9. The van der Waals surface area contributed by atoms with E-state index >= 15 is 0 Å². The quantitative estimate of drug-likeness (QED) is 0.172. The molecular formula is C39H59N5O4Si2. The van der Waals surface area contributed by atoms with E-state index in [1.165, 1.54) is 0 Å². The summed E-state index contributed by atoms with van der Waals surface area (Å²) in [6.07, 6.45) is 11.6. The van der Waals surface area contributed by atoms with Crippen LogP contribution in [0.5, 0.6) is 0 Å². The van der Waals surface area contributed by atoms with Crippen LogP contribution in [-0.2, 0) is 20.6 Å². The fourth-order valence-corrected chi connectivity index (χ4v) is 8.47. The molecule has 2 aromatic heterocycles. The Kier molecular flexibility index (Phi) is 10.7. The summed E-state index contributed by atoms with van der Waals surface area (Å²) in [6, 6.07) is 7.07. The number of ether oxygens (including phenoxy) is 2. The Morgan fingerprint density at radius 1 is 1.08 bits per heavy atom. The van der Waals surface area contributed by atoms with Crippen LogP contribution in [-0.4, -0.2) is 61.2 Å². The SMILES string of the molecule is CC1(C)CC=C(c2nc(C3=CC4(C)CCC(CO[Si](C)(C)C(C)(C)C)(C3)O4)ccc2NC(=O)c2nc(C#N)cn2COCC[Si](C)(C)C)CC1. The third-order valence-corrected chi connectivity index (χ3v) is 17.3. The molecule has 2 unspecified atom stereocenters. The zero-order chi connectivity index (χ0) is 36.8. The zero-order valence-electron chi connectivity index (χ0n) is 32.4. The van der Waals surface area contributed by atoms with Crippen LogP contribution in [0.3, 0.4) is 0 Å². The fourth-order valence-electron chi connectivity index (χ4n) is 6.66. The Morgan fingerprint density at radius 3 is 2.46 bits per heavy atom. The number of nitriles is 1. The monoisotopic (exact) mass is 717 g/mol. The van der Waals surface area contributed by atoms with Gasteiger partial charge in [0.15, 0.2) is 14.0 Å². The molecule has 2 aliphatic heterocycles. The Labute approximate surface area is 302 Å². The number of anilines is 1. The van der Waals surface area contributed by atoms with E-state index in [1.54, 1.807) is 10.8 Å². The van der Waals surface area contributed by atoms with Crippen molar-refractivity contribution in [3.8, 4) is 6.07 Å². The van der Waals surface area contributed by atoms with E-state index in [4.69, 9.17) is 18.9 Å². The van der Waals surface area contributed by atoms with Crippen LogP contribution in [0.15, 0.2) is 30.5 Å². The summed E-state index contributed by atoms with van der Waals surface area (Å²) >= 11 is 0. The molecular weight excluding hydrogens is 659 g/mol. The van der Waals surface area contributed by atoms with E-state index in [0.717, 1.165) is 67.1 Å². The van der Waals surface area contributed by atoms with E-state index in [1.807, 2.05) is 12.1 Å². The molecule has 11 heteroatoms. The van der Waals surface area contributed by atoms with Gasteiger partial charge < -0.3 is 23.8 Å². The van der Waals surface area contributed by atoms with Gasteiger partial charge in [0.25, 0.3) is 5.91 Å². The summed E-state index contributed by atoms with van der Waals surface area (Å²) < 4.78 is 21.1. The number of carbonyl (C=O) groups excluding carboxylic acids is 1. The van der Waals surface area contributed by atoms with Crippen LogP contribution >= 0.6 is 0 Å². The van der Waals surface area contributed by atoms with Crippen molar-refractivity contribution in [2.45, 2.75) is 142 Å². The number of hydrogen-bond acceptors (Lipinski definition) is 7. The average molecular weight is 718 g/mol. The number of fused-ring (bicyclic) bond motifs is 2. The third kappa shape index (κ3) is 8.94. The minimum atomic E-state index is -1.97. The number of nitrogens with one attached hydrogen (secondary N) is 1. The highest BCUT2D eigenvalue weighted by Crippen LogP contribution is 2.50. The van der Waals surface area contributed by atoms with Crippen molar-refractivity contribution in [3.63, 3.8) is 0 Å². The smallest absolute Gasteiger partial charge is 0.291 e. The van der Waals surface area contributed by atoms with Gasteiger partial charge in [0.05, 0.1) is 34.9 Å². The zero-order valence-corrected chi connectivity index (χ0v) is 34.4. The Bertz CT molecular complexity index is 1710. The second-order valence-electron chi connectivity index (χ2n) is 18.5. The van der Waals surface area contributed by atoms with Gasteiger partial charge in [-0.15, -0.1) is 0 Å². The molecule has 1 N–H and O–H groups in total. The van der Waals surface area contributed by atoms with Crippen molar-refractivity contribution < 1.29 is 18.7 Å². The van der Waals surface area contributed by atoms with Crippen molar-refractivity contribution in [2.75, 3.05) is 18.5 Å². The summed E-state index contributed by atoms with van der Waals surface area (Å²) in [6.45, 7) is 26.4. The number of carbonyl (C=O) groups is 1. The highest BCUT2D eigenvalue weighted by molar-refractivity contribution is 6.76. The number of nitrogens with zero attached hydrogens (tertiary/aromatic N) is 4. The molecule has 9 nitrogen and oxygen atoms in total. The predicted octanol–water partition coefficient (Wildman–Crippen LogP) is 9.42. The summed E-state index contributed by atoms with van der Waals surface area (Å²) in [4.78, 5) is 23.5. The first-order valence-electron chi connectivity index (χ1n) is 18.3. The standard InChI is InChI=1S/C39H59N5O4Si2/c1-36(2,3)50(10,11)47-26-39-19-18-38(6,48-39)22-29(23-39)31-12-13-32(33(42-31)28-14-16-37(4,5)17-15-28)43-35(45)34-41-30(24-40)25-44(34)27-46-20-21-49(7,8)9/h12-14,22,25H,15-21,23,26-27H2,1-11H3,(H,43,45). The molecule has 5 rings (SSSR count). The predicted molar refractivity (Wildman–Crippen MR) is 206 cm³/mol. The molecule has 1 saturated heterocycles. The second-order valence-corrected chi connectivity index (χ2v) is 28.9. The van der Waals surface area contributed by atoms with Gasteiger partial charge in [0.1, 0.15) is 12.8 Å². The van der Waals surface area contributed by atoms with Crippen LogP contribution in [0.2, 0.25) is 43.8 Å². The van der Waals surface area contributed by atoms with Crippen LogP contribution in [0, 0.1) is 16.7 Å². The van der Waals surface area contributed by atoms with Gasteiger partial charge in [-0.1, -0.05) is 60.3 Å². The molecule has 3 aliphatic rings. The fraction of sp³-hybridized carbons (Fsp3) is 0.641. The molecule has 2 aromatic rings. The summed E-state index contributed by atoms with van der Waals surface area (Å²) in [5, 5.41) is 12.8. The lowest BCUT2D eigenvalue weighted by Crippen LogP contribution is -2.48. The number of imidazole rings is 1. The largest absolute Gasteiger partial charge is 0.414 e. The van der Waals surface area contributed by atoms with Gasteiger partial charge in [-0.25, -0.2) is 9.97 Å². The minimum absolute atomic E-state index is 0.117. The van der Waals surface area contributed by atoms with Crippen molar-refractivity contribution in [2.24, 2.45) is 5.41 Å². The number of allylic oxidation sites excluding steroid dienone is 2. The second kappa shape index (κ2) is 13.9. The molecule has 0 aromatic carbocycles. The maximum Gasteiger partial charge on any atom is 0.291 e. The normalized spacial score (nSPS) is 23.6. The van der Waals surface area contributed by atoms with E-state index in [9.17, 15) is 10.1 Å². The van der Waals surface area contributed by atoms with E-state index in [2.05, 4.69) is 103 Å². The van der Waals surface area contributed by atoms with E-state index < -0.39 is 22.3 Å². The summed E-state index contributed by atoms with van der Waals surface area (Å²) in [7, 11) is -3.24. The number of amides is 1. The molecule has 0 saturated carbocycles. The third-order valence-electron chi connectivity index (χ3n) is 11.1. The van der Waals surface area contributed by atoms with Crippen LogP contribution in [0.4, 0.5) is 5.69 Å². The van der Waals surface area contributed by atoms with Gasteiger partial charge in [-0.2, -0.15) is 5.26 Å². The number of rotatable bonds is 12. The number of aromatic nitrogens is 3. The van der Waals surface area contributed by atoms with Crippen molar-refractivity contribution in [1.82, 2.24) is 14.5 Å². The highest BCUT2D eigenvalue weighted by atomic mass is 28.4. The molecule has 2 bridgehead atoms. The highest BCUT2D eigenvalue weighted by Gasteiger charge is 2.51. The van der Waals surface area contributed by atoms with E-state index in [0.29, 0.717) is 18.9 Å². The Balaban J connectivity index is 1.44. The molecule has 272 valence electrons. The lowest BCUT2D eigenvalue weighted by molar-refractivity contribution is -0.0975. The lowest BCUT2D eigenvalue weighted by atomic mass is 9.77. The van der Waals surface area contributed by atoms with Crippen LogP contribution < -0.4 is 5.32 Å². The summed E-state index contributed by atoms with van der Waals surface area (Å²) in [5.41, 5.74) is 4.25. The summed E-state index contributed by atoms with van der Waals surface area (Å²) in [5.74, 6) is -0.256. The molecule has 1 fully saturated rings. The average Bonchev–Trinajstić information content (AvgIpc) is 3.54. The minimum Gasteiger partial charge on any atom is -0.414 e.